The Balaban J connectivity index is 1.21. The second kappa shape index (κ2) is 22.2. The van der Waals surface area contributed by atoms with Crippen molar-refractivity contribution in [2.75, 3.05) is 32.8 Å². The molecule has 3 N–H and O–H groups in total. The van der Waals surface area contributed by atoms with Gasteiger partial charge in [0.1, 0.15) is 12.5 Å². The fourth-order valence-corrected chi connectivity index (χ4v) is 4.81. The second-order valence-electron chi connectivity index (χ2n) is 11.4. The van der Waals surface area contributed by atoms with Crippen molar-refractivity contribution >= 4 is 0 Å². The predicted octanol–water partition coefficient (Wildman–Crippen LogP) is 6.44. The minimum atomic E-state index is -0.164. The van der Waals surface area contributed by atoms with E-state index >= 15 is 0 Å². The highest BCUT2D eigenvalue weighted by molar-refractivity contribution is 5.15. The van der Waals surface area contributed by atoms with E-state index in [1.165, 1.54) is 11.1 Å². The van der Waals surface area contributed by atoms with Gasteiger partial charge in [-0.3, -0.25) is 10.6 Å². The van der Waals surface area contributed by atoms with Crippen LogP contribution in [0.3, 0.4) is 0 Å². The molecule has 0 saturated carbocycles. The zero-order chi connectivity index (χ0) is 31.9. The summed E-state index contributed by atoms with van der Waals surface area (Å²) in [4.78, 5) is 0. The van der Waals surface area contributed by atoms with Crippen molar-refractivity contribution in [3.8, 4) is 0 Å². The van der Waals surface area contributed by atoms with Crippen LogP contribution in [0.2, 0.25) is 0 Å². The minimum Gasteiger partial charge on any atom is -0.377 e. The molecule has 3 unspecified atom stereocenters. The van der Waals surface area contributed by atoms with Crippen molar-refractivity contribution < 1.29 is 18.9 Å². The van der Waals surface area contributed by atoms with Crippen LogP contribution in [0.1, 0.15) is 42.0 Å². The number of hydrogen-bond donors (Lipinski definition) is 3. The molecular formula is C39H51N3O4. The van der Waals surface area contributed by atoms with Gasteiger partial charge in [0, 0.05) is 19.7 Å². The number of rotatable bonds is 24. The minimum absolute atomic E-state index is 0.132. The standard InChI is InChI=1S/C39H51N3O4/c1-33(44-30-35-17-8-3-9-18-35)23-25-42-39(46-32-37-21-12-5-13-22-37)28-40-27-38(45-31-36-19-10-4-11-20-36)41-24-14-26-43-29-34-15-6-2-7-16-34/h2-13,15-22,33,38-42H,14,23-32H2,1H3. The third-order valence-electron chi connectivity index (χ3n) is 7.50. The first-order valence-corrected chi connectivity index (χ1v) is 16.5. The molecule has 246 valence electrons. The van der Waals surface area contributed by atoms with Gasteiger partial charge in [-0.1, -0.05) is 121 Å². The number of ether oxygens (including phenoxy) is 4. The maximum absolute atomic E-state index is 6.32. The van der Waals surface area contributed by atoms with E-state index in [0.29, 0.717) is 46.1 Å². The fourth-order valence-electron chi connectivity index (χ4n) is 4.81. The van der Waals surface area contributed by atoms with E-state index in [1.807, 2.05) is 72.8 Å². The molecular weight excluding hydrogens is 574 g/mol. The van der Waals surface area contributed by atoms with Crippen molar-refractivity contribution in [3.63, 3.8) is 0 Å². The second-order valence-corrected chi connectivity index (χ2v) is 11.4. The predicted molar refractivity (Wildman–Crippen MR) is 185 cm³/mol. The number of benzene rings is 4. The van der Waals surface area contributed by atoms with Crippen LogP contribution >= 0.6 is 0 Å². The van der Waals surface area contributed by atoms with Crippen LogP contribution in [0.5, 0.6) is 0 Å². The molecule has 7 heteroatoms. The average molecular weight is 626 g/mol. The van der Waals surface area contributed by atoms with Crippen molar-refractivity contribution in [2.45, 2.75) is 64.8 Å². The van der Waals surface area contributed by atoms with E-state index in [9.17, 15) is 0 Å². The molecule has 4 aromatic carbocycles. The van der Waals surface area contributed by atoms with Gasteiger partial charge in [-0.2, -0.15) is 0 Å². The molecule has 0 aromatic heterocycles. The van der Waals surface area contributed by atoms with Gasteiger partial charge in [0.05, 0.1) is 32.5 Å². The van der Waals surface area contributed by atoms with Crippen LogP contribution in [-0.2, 0) is 45.4 Å². The monoisotopic (exact) mass is 625 g/mol. The molecule has 0 aliphatic rings. The van der Waals surface area contributed by atoms with Crippen molar-refractivity contribution in [1.82, 2.24) is 16.0 Å². The van der Waals surface area contributed by atoms with Crippen molar-refractivity contribution in [1.29, 1.82) is 0 Å². The molecule has 0 aliphatic carbocycles. The van der Waals surface area contributed by atoms with Crippen molar-refractivity contribution in [3.05, 3.63) is 144 Å². The van der Waals surface area contributed by atoms with E-state index in [2.05, 4.69) is 71.4 Å². The summed E-state index contributed by atoms with van der Waals surface area (Å²) < 4.78 is 24.6. The van der Waals surface area contributed by atoms with E-state index in [1.54, 1.807) is 0 Å². The van der Waals surface area contributed by atoms with E-state index in [4.69, 9.17) is 18.9 Å². The third-order valence-corrected chi connectivity index (χ3v) is 7.50. The van der Waals surface area contributed by atoms with Gasteiger partial charge in [0.25, 0.3) is 0 Å². The van der Waals surface area contributed by atoms with Gasteiger partial charge in [-0.05, 0) is 55.1 Å². The third kappa shape index (κ3) is 15.3. The highest BCUT2D eigenvalue weighted by Crippen LogP contribution is 2.07. The van der Waals surface area contributed by atoms with Gasteiger partial charge in [-0.15, -0.1) is 0 Å². The maximum atomic E-state index is 6.32. The van der Waals surface area contributed by atoms with E-state index < -0.39 is 0 Å². The molecule has 0 amide bonds. The Morgan fingerprint density at radius 1 is 0.500 bits per heavy atom. The highest BCUT2D eigenvalue weighted by atomic mass is 16.5. The SMILES string of the molecule is CC(CCNC(CNCC(NCCCOCc1ccccc1)OCc1ccccc1)OCc1ccccc1)OCc1ccccc1. The number of nitrogens with one attached hydrogen (secondary N) is 3. The van der Waals surface area contributed by atoms with Gasteiger partial charge >= 0.3 is 0 Å². The zero-order valence-corrected chi connectivity index (χ0v) is 27.2. The van der Waals surface area contributed by atoms with Crippen LogP contribution < -0.4 is 16.0 Å². The average Bonchev–Trinajstić information content (AvgIpc) is 3.11. The summed E-state index contributed by atoms with van der Waals surface area (Å²) in [5, 5.41) is 10.7. The van der Waals surface area contributed by atoms with E-state index in [-0.39, 0.29) is 18.6 Å². The lowest BCUT2D eigenvalue weighted by Crippen LogP contribution is -2.47. The lowest BCUT2D eigenvalue weighted by Gasteiger charge is -2.24. The van der Waals surface area contributed by atoms with Crippen LogP contribution in [-0.4, -0.2) is 51.3 Å². The molecule has 0 saturated heterocycles. The Kier molecular flexibility index (Phi) is 17.1. The maximum Gasteiger partial charge on any atom is 0.121 e. The lowest BCUT2D eigenvalue weighted by atomic mass is 10.2. The molecule has 0 heterocycles. The van der Waals surface area contributed by atoms with Crippen molar-refractivity contribution in [2.24, 2.45) is 0 Å². The summed E-state index contributed by atoms with van der Waals surface area (Å²) in [6.07, 6.45) is 1.59. The molecule has 0 fully saturated rings. The van der Waals surface area contributed by atoms with Crippen LogP contribution in [0.25, 0.3) is 0 Å². The fraction of sp³-hybridized carbons (Fsp3) is 0.385. The lowest BCUT2D eigenvalue weighted by molar-refractivity contribution is -0.00247. The van der Waals surface area contributed by atoms with Gasteiger partial charge in [-0.25, -0.2) is 0 Å². The Morgan fingerprint density at radius 3 is 1.39 bits per heavy atom. The summed E-state index contributed by atoms with van der Waals surface area (Å²) in [5.41, 5.74) is 4.67. The topological polar surface area (TPSA) is 73.0 Å². The Morgan fingerprint density at radius 2 is 0.913 bits per heavy atom. The van der Waals surface area contributed by atoms with Gasteiger partial charge in [0.2, 0.25) is 0 Å². The molecule has 0 bridgehead atoms. The Hall–Kier alpha value is -3.40. The molecule has 7 nitrogen and oxygen atoms in total. The summed E-state index contributed by atoms with van der Waals surface area (Å²) in [7, 11) is 0. The first kappa shape index (κ1) is 35.5. The molecule has 3 atom stereocenters. The Bertz CT molecular complexity index is 1280. The first-order valence-electron chi connectivity index (χ1n) is 16.5. The number of hydrogen-bond acceptors (Lipinski definition) is 7. The summed E-state index contributed by atoms with van der Waals surface area (Å²) in [6.45, 7) is 7.99. The molecule has 46 heavy (non-hydrogen) atoms. The van der Waals surface area contributed by atoms with Gasteiger partial charge in [0.15, 0.2) is 0 Å². The highest BCUT2D eigenvalue weighted by Gasteiger charge is 2.14. The smallest absolute Gasteiger partial charge is 0.121 e. The van der Waals surface area contributed by atoms with Crippen LogP contribution in [0, 0.1) is 0 Å². The summed E-state index contributed by atoms with van der Waals surface area (Å²) in [5.74, 6) is 0. The largest absolute Gasteiger partial charge is 0.377 e. The molecule has 0 radical (unpaired) electrons. The van der Waals surface area contributed by atoms with E-state index in [0.717, 1.165) is 37.1 Å². The summed E-state index contributed by atoms with van der Waals surface area (Å²) >= 11 is 0. The molecule has 4 rings (SSSR count). The molecule has 0 spiro atoms. The Labute approximate surface area is 275 Å². The van der Waals surface area contributed by atoms with Gasteiger partial charge < -0.3 is 24.3 Å². The normalized spacial score (nSPS) is 13.3. The van der Waals surface area contributed by atoms with Crippen LogP contribution in [0.4, 0.5) is 0 Å². The summed E-state index contributed by atoms with van der Waals surface area (Å²) in [6, 6.07) is 41.1. The molecule has 0 aliphatic heterocycles. The zero-order valence-electron chi connectivity index (χ0n) is 27.2. The quantitative estimate of drug-likeness (QED) is 0.0611. The first-order chi connectivity index (χ1) is 22.7. The van der Waals surface area contributed by atoms with Crippen LogP contribution in [0.15, 0.2) is 121 Å². The molecule has 4 aromatic rings.